The average Bonchev–Trinajstić information content (AvgIpc) is 2.73. The molecule has 0 fully saturated rings. The van der Waals surface area contributed by atoms with Crippen LogP contribution in [0.1, 0.15) is 33.3 Å². The molecular formula is C24H24Cl2N2O5. The van der Waals surface area contributed by atoms with Crippen molar-refractivity contribution in [2.75, 3.05) is 11.9 Å². The first-order chi connectivity index (χ1) is 15.5. The molecule has 7 nitrogen and oxygen atoms in total. The monoisotopic (exact) mass is 490 g/mol. The SMILES string of the molecule is CC(=O)Nc1ccc(Cl)c(COc2cccc3c(OCC(=O)OC(C)(C)C)nccc23)c1Cl. The number of ether oxygens (including phenoxy) is 3. The highest BCUT2D eigenvalue weighted by Gasteiger charge is 2.18. The fourth-order valence-corrected chi connectivity index (χ4v) is 3.58. The summed E-state index contributed by atoms with van der Waals surface area (Å²) in [7, 11) is 0. The van der Waals surface area contributed by atoms with E-state index in [0.29, 0.717) is 32.4 Å². The summed E-state index contributed by atoms with van der Waals surface area (Å²) in [5.74, 6) is 0.102. The quantitative estimate of drug-likeness (QED) is 0.421. The van der Waals surface area contributed by atoms with E-state index in [0.717, 1.165) is 5.39 Å². The number of fused-ring (bicyclic) bond motifs is 1. The van der Waals surface area contributed by atoms with Crippen LogP contribution in [0.25, 0.3) is 10.8 Å². The lowest BCUT2D eigenvalue weighted by Gasteiger charge is -2.19. The Kier molecular flexibility index (Phi) is 7.66. The minimum atomic E-state index is -0.604. The summed E-state index contributed by atoms with van der Waals surface area (Å²) in [6.45, 7) is 6.56. The fraction of sp³-hybridized carbons (Fsp3) is 0.292. The molecule has 1 aromatic heterocycles. The first kappa shape index (κ1) is 24.6. The van der Waals surface area contributed by atoms with E-state index in [2.05, 4.69) is 10.3 Å². The predicted octanol–water partition coefficient (Wildman–Crippen LogP) is 5.80. The van der Waals surface area contributed by atoms with Gasteiger partial charge in [-0.05, 0) is 51.1 Å². The zero-order valence-corrected chi connectivity index (χ0v) is 20.2. The number of halogens is 2. The molecule has 0 atom stereocenters. The van der Waals surface area contributed by atoms with Crippen molar-refractivity contribution in [3.63, 3.8) is 0 Å². The Bertz CT molecular complexity index is 1190. The molecule has 3 aromatic rings. The van der Waals surface area contributed by atoms with Crippen LogP contribution in [-0.4, -0.2) is 29.1 Å². The van der Waals surface area contributed by atoms with Gasteiger partial charge in [0.1, 0.15) is 18.0 Å². The second-order valence-corrected chi connectivity index (χ2v) is 8.99. The molecule has 0 saturated heterocycles. The number of aromatic nitrogens is 1. The number of anilines is 1. The zero-order chi connectivity index (χ0) is 24.2. The van der Waals surface area contributed by atoms with Gasteiger partial charge in [0.25, 0.3) is 0 Å². The third-order valence-corrected chi connectivity index (χ3v) is 5.13. The summed E-state index contributed by atoms with van der Waals surface area (Å²) in [4.78, 5) is 27.6. The Labute approximate surface area is 201 Å². The molecule has 174 valence electrons. The molecule has 2 aromatic carbocycles. The van der Waals surface area contributed by atoms with Gasteiger partial charge >= 0.3 is 5.97 Å². The molecule has 1 heterocycles. The van der Waals surface area contributed by atoms with Crippen LogP contribution in [0.5, 0.6) is 11.6 Å². The number of benzene rings is 2. The Morgan fingerprint density at radius 3 is 2.48 bits per heavy atom. The summed E-state index contributed by atoms with van der Waals surface area (Å²) in [5, 5.41) is 4.79. The third-order valence-electron chi connectivity index (χ3n) is 4.35. The molecule has 1 amide bonds. The van der Waals surface area contributed by atoms with Crippen molar-refractivity contribution >= 4 is 51.5 Å². The lowest BCUT2D eigenvalue weighted by atomic mass is 10.1. The van der Waals surface area contributed by atoms with Gasteiger partial charge in [-0.2, -0.15) is 0 Å². The van der Waals surface area contributed by atoms with Crippen LogP contribution in [0, 0.1) is 0 Å². The maximum Gasteiger partial charge on any atom is 0.344 e. The van der Waals surface area contributed by atoms with E-state index in [4.69, 9.17) is 37.4 Å². The predicted molar refractivity (Wildman–Crippen MR) is 128 cm³/mol. The van der Waals surface area contributed by atoms with Crippen LogP contribution in [0.15, 0.2) is 42.6 Å². The highest BCUT2D eigenvalue weighted by molar-refractivity contribution is 6.38. The second-order valence-electron chi connectivity index (χ2n) is 8.20. The van der Waals surface area contributed by atoms with Crippen molar-refractivity contribution < 1.29 is 23.8 Å². The van der Waals surface area contributed by atoms with E-state index in [-0.39, 0.29) is 25.0 Å². The Morgan fingerprint density at radius 1 is 1.03 bits per heavy atom. The first-order valence-corrected chi connectivity index (χ1v) is 10.9. The number of hydrogen-bond acceptors (Lipinski definition) is 6. The average molecular weight is 491 g/mol. The van der Waals surface area contributed by atoms with Crippen LogP contribution < -0.4 is 14.8 Å². The van der Waals surface area contributed by atoms with Crippen molar-refractivity contribution in [1.82, 2.24) is 4.98 Å². The molecular weight excluding hydrogens is 467 g/mol. The van der Waals surface area contributed by atoms with E-state index < -0.39 is 11.6 Å². The van der Waals surface area contributed by atoms with Gasteiger partial charge in [0.2, 0.25) is 11.8 Å². The van der Waals surface area contributed by atoms with Gasteiger partial charge in [0.15, 0.2) is 6.61 Å². The van der Waals surface area contributed by atoms with Gasteiger partial charge in [-0.25, -0.2) is 9.78 Å². The van der Waals surface area contributed by atoms with Crippen LogP contribution in [0.4, 0.5) is 5.69 Å². The number of rotatable bonds is 7. The molecule has 1 N–H and O–H groups in total. The van der Waals surface area contributed by atoms with Crippen molar-refractivity contribution in [3.05, 3.63) is 58.2 Å². The fourth-order valence-electron chi connectivity index (χ4n) is 3.06. The van der Waals surface area contributed by atoms with Crippen molar-refractivity contribution in [2.45, 2.75) is 39.9 Å². The summed E-state index contributed by atoms with van der Waals surface area (Å²) in [6, 6.07) is 10.5. The number of esters is 1. The largest absolute Gasteiger partial charge is 0.488 e. The zero-order valence-electron chi connectivity index (χ0n) is 18.7. The summed E-state index contributed by atoms with van der Waals surface area (Å²) < 4.78 is 16.9. The standard InChI is InChI=1S/C24H24Cl2N2O5/c1-14(29)28-19-9-8-18(25)17(22(19)26)12-31-20-7-5-6-16-15(20)10-11-27-23(16)32-13-21(30)33-24(2,3)4/h5-11H,12-13H2,1-4H3,(H,28,29). The van der Waals surface area contributed by atoms with Crippen LogP contribution in [0.2, 0.25) is 10.0 Å². The molecule has 9 heteroatoms. The Balaban J connectivity index is 1.81. The van der Waals surface area contributed by atoms with Crippen molar-refractivity contribution in [2.24, 2.45) is 0 Å². The molecule has 0 saturated carbocycles. The first-order valence-electron chi connectivity index (χ1n) is 10.1. The maximum absolute atomic E-state index is 12.0. The number of carbonyl (C=O) groups is 2. The molecule has 0 radical (unpaired) electrons. The van der Waals surface area contributed by atoms with E-state index in [9.17, 15) is 9.59 Å². The summed E-state index contributed by atoms with van der Waals surface area (Å²) >= 11 is 12.7. The smallest absolute Gasteiger partial charge is 0.344 e. The summed E-state index contributed by atoms with van der Waals surface area (Å²) in [5.41, 5.74) is 0.386. The van der Waals surface area contributed by atoms with E-state index in [1.165, 1.54) is 6.92 Å². The lowest BCUT2D eigenvalue weighted by Crippen LogP contribution is -2.27. The maximum atomic E-state index is 12.0. The Hall–Kier alpha value is -3.03. The number of pyridine rings is 1. The molecule has 0 unspecified atom stereocenters. The molecule has 33 heavy (non-hydrogen) atoms. The van der Waals surface area contributed by atoms with E-state index >= 15 is 0 Å². The van der Waals surface area contributed by atoms with Crippen LogP contribution in [-0.2, 0) is 20.9 Å². The number of amides is 1. The van der Waals surface area contributed by atoms with Crippen LogP contribution >= 0.6 is 23.2 Å². The van der Waals surface area contributed by atoms with E-state index in [1.807, 2.05) is 6.07 Å². The van der Waals surface area contributed by atoms with Gasteiger partial charge < -0.3 is 19.5 Å². The van der Waals surface area contributed by atoms with E-state index in [1.54, 1.807) is 57.3 Å². The molecule has 3 rings (SSSR count). The summed E-state index contributed by atoms with van der Waals surface area (Å²) in [6.07, 6.45) is 1.57. The van der Waals surface area contributed by atoms with Gasteiger partial charge in [-0.3, -0.25) is 4.79 Å². The minimum absolute atomic E-state index is 0.0701. The van der Waals surface area contributed by atoms with Crippen molar-refractivity contribution in [3.8, 4) is 11.6 Å². The normalized spacial score (nSPS) is 11.2. The van der Waals surface area contributed by atoms with Crippen LogP contribution in [0.3, 0.4) is 0 Å². The lowest BCUT2D eigenvalue weighted by molar-refractivity contribution is -0.157. The molecule has 0 bridgehead atoms. The number of carbonyl (C=O) groups excluding carboxylic acids is 2. The highest BCUT2D eigenvalue weighted by atomic mass is 35.5. The van der Waals surface area contributed by atoms with Gasteiger partial charge in [-0.15, -0.1) is 0 Å². The minimum Gasteiger partial charge on any atom is -0.488 e. The van der Waals surface area contributed by atoms with Gasteiger partial charge in [-0.1, -0.05) is 29.3 Å². The molecule has 0 spiro atoms. The molecule has 0 aliphatic heterocycles. The third kappa shape index (κ3) is 6.49. The second kappa shape index (κ2) is 10.3. The van der Waals surface area contributed by atoms with Gasteiger partial charge in [0, 0.05) is 34.5 Å². The molecule has 0 aliphatic rings. The number of nitrogens with zero attached hydrogens (tertiary/aromatic N) is 1. The number of hydrogen-bond donors (Lipinski definition) is 1. The topological polar surface area (TPSA) is 86.8 Å². The molecule has 0 aliphatic carbocycles. The van der Waals surface area contributed by atoms with Crippen molar-refractivity contribution in [1.29, 1.82) is 0 Å². The van der Waals surface area contributed by atoms with Gasteiger partial charge in [0.05, 0.1) is 10.7 Å². The highest BCUT2D eigenvalue weighted by Crippen LogP contribution is 2.35. The Morgan fingerprint density at radius 2 is 1.79 bits per heavy atom. The number of nitrogens with one attached hydrogen (secondary N) is 1.